The van der Waals surface area contributed by atoms with Crippen LogP contribution in [0.25, 0.3) is 5.57 Å². The monoisotopic (exact) mass is 937 g/mol. The number of anilines is 1. The van der Waals surface area contributed by atoms with Gasteiger partial charge < -0.3 is 9.64 Å². The van der Waals surface area contributed by atoms with Crippen LogP contribution in [0.3, 0.4) is 0 Å². The molecule has 3 aliphatic heterocycles. The predicted octanol–water partition coefficient (Wildman–Crippen LogP) is 17.5. The molecular formula is C65H84N2OSi. The maximum absolute atomic E-state index is 7.06. The summed E-state index contributed by atoms with van der Waals surface area (Å²) in [5.74, 6) is 3.25. The molecule has 0 saturated carbocycles. The Hall–Kier alpha value is -4.41. The van der Waals surface area contributed by atoms with Crippen LogP contribution in [0.2, 0.25) is 25.2 Å². The first-order valence-corrected chi connectivity index (χ1v) is 31.2. The summed E-state index contributed by atoms with van der Waals surface area (Å²) in [4.78, 5) is 7.83. The van der Waals surface area contributed by atoms with Crippen molar-refractivity contribution in [3.63, 3.8) is 0 Å². The molecule has 0 aromatic heterocycles. The van der Waals surface area contributed by atoms with Gasteiger partial charge in [0.05, 0.1) is 14.1 Å². The Bertz CT molecular complexity index is 2600. The average molecular weight is 937 g/mol. The van der Waals surface area contributed by atoms with Gasteiger partial charge in [0.1, 0.15) is 6.10 Å². The van der Waals surface area contributed by atoms with Crippen LogP contribution in [0.5, 0.6) is 0 Å². The van der Waals surface area contributed by atoms with E-state index >= 15 is 0 Å². The third-order valence-electron chi connectivity index (χ3n) is 19.3. The van der Waals surface area contributed by atoms with Crippen LogP contribution in [0.4, 0.5) is 5.69 Å². The number of likely N-dealkylation sites (N-methyl/N-ethyl adjacent to an activating group) is 1. The Morgan fingerprint density at radius 2 is 1.65 bits per heavy atom. The molecular weight excluding hydrogens is 853 g/mol. The number of nitrogens with zero attached hydrogens (tertiary/aromatic N) is 2. The highest BCUT2D eigenvalue weighted by Gasteiger charge is 2.62. The molecule has 0 N–H and O–H groups in total. The lowest BCUT2D eigenvalue weighted by Crippen LogP contribution is -2.58. The quantitative estimate of drug-likeness (QED) is 0.185. The van der Waals surface area contributed by atoms with Crippen LogP contribution < -0.4 is 4.90 Å². The predicted molar refractivity (Wildman–Crippen MR) is 297 cm³/mol. The number of aliphatic imine (C=N–C) groups is 1. The minimum atomic E-state index is -1.61. The summed E-state index contributed by atoms with van der Waals surface area (Å²) >= 11 is 0. The molecule has 5 aliphatic carbocycles. The van der Waals surface area contributed by atoms with Gasteiger partial charge in [-0.25, -0.2) is 4.99 Å². The summed E-state index contributed by atoms with van der Waals surface area (Å²) in [6.07, 6.45) is 41.1. The second kappa shape index (κ2) is 19.3. The van der Waals surface area contributed by atoms with E-state index in [4.69, 9.17) is 9.73 Å². The Morgan fingerprint density at radius 3 is 2.41 bits per heavy atom. The first kappa shape index (κ1) is 48.2. The van der Waals surface area contributed by atoms with Crippen molar-refractivity contribution < 1.29 is 4.74 Å². The third kappa shape index (κ3) is 8.49. The zero-order valence-electron chi connectivity index (χ0n) is 44.2. The molecule has 8 unspecified atom stereocenters. The Kier molecular flexibility index (Phi) is 13.5. The summed E-state index contributed by atoms with van der Waals surface area (Å²) in [6, 6.07) is 21.3. The SMILES string of the molecule is CCC12C=C(C3C(C)=CC([C@H]4CC5=C(N=C(C)CC5)O[C@H]4C)[C@H](CC4=C(c5ccccc5)C=CCC4C4C=CCCC4)c4ccccc4N3C)C1(CC)CC([Si](C)(C)C)/C=C\C(C)C1=C2CCC=C1. The second-order valence-electron chi connectivity index (χ2n) is 24.0. The fraction of sp³-hybridized carbons (Fsp3) is 0.523. The van der Waals surface area contributed by atoms with E-state index in [1.54, 1.807) is 22.3 Å². The summed E-state index contributed by atoms with van der Waals surface area (Å²) < 4.78 is 7.06. The molecule has 0 fully saturated rings. The Labute approximate surface area is 419 Å². The largest absolute Gasteiger partial charge is 0.474 e. The lowest BCUT2D eigenvalue weighted by Gasteiger charge is -2.64. The highest BCUT2D eigenvalue weighted by atomic mass is 28.3. The van der Waals surface area contributed by atoms with E-state index in [0.717, 1.165) is 57.2 Å². The van der Waals surface area contributed by atoms with E-state index in [2.05, 4.69) is 188 Å². The van der Waals surface area contributed by atoms with Crippen molar-refractivity contribution in [3.8, 4) is 0 Å². The zero-order valence-corrected chi connectivity index (χ0v) is 45.2. The van der Waals surface area contributed by atoms with E-state index in [9.17, 15) is 0 Å². The number of para-hydroxylation sites is 1. The summed E-state index contributed by atoms with van der Waals surface area (Å²) in [5.41, 5.74) is 17.3. The number of hydrogen-bond donors (Lipinski definition) is 0. The van der Waals surface area contributed by atoms with Gasteiger partial charge in [-0.1, -0.05) is 166 Å². The molecule has 3 nitrogen and oxygen atoms in total. The topological polar surface area (TPSA) is 24.8 Å². The lowest BCUT2D eigenvalue weighted by atomic mass is 9.42. The van der Waals surface area contributed by atoms with Crippen LogP contribution in [-0.2, 0) is 4.74 Å². The second-order valence-corrected chi connectivity index (χ2v) is 29.4. The van der Waals surface area contributed by atoms with Crippen LogP contribution in [0.15, 0.2) is 160 Å². The normalized spacial score (nSPS) is 35.1. The minimum Gasteiger partial charge on any atom is -0.474 e. The van der Waals surface area contributed by atoms with E-state index in [0.29, 0.717) is 29.2 Å². The first-order chi connectivity index (χ1) is 33.3. The molecule has 0 amide bonds. The van der Waals surface area contributed by atoms with E-state index in [1.807, 2.05) is 0 Å². The molecule has 11 atom stereocenters. The molecule has 2 aromatic carbocycles. The molecule has 3 heterocycles. The van der Waals surface area contributed by atoms with Crippen molar-refractivity contribution in [3.05, 3.63) is 166 Å². The average Bonchev–Trinajstić information content (AvgIpc) is 3.38. The summed E-state index contributed by atoms with van der Waals surface area (Å²) in [6.45, 7) is 22.6. The van der Waals surface area contributed by atoms with Crippen LogP contribution in [0, 0.1) is 40.4 Å². The molecule has 10 rings (SSSR count). The van der Waals surface area contributed by atoms with E-state index in [1.165, 1.54) is 71.3 Å². The van der Waals surface area contributed by atoms with Crippen molar-refractivity contribution in [2.75, 3.05) is 11.9 Å². The Morgan fingerprint density at radius 1 is 0.855 bits per heavy atom. The van der Waals surface area contributed by atoms with Crippen molar-refractivity contribution in [2.45, 2.75) is 168 Å². The molecule has 2 aromatic rings. The molecule has 4 heteroatoms. The molecule has 0 saturated heterocycles. The molecule has 69 heavy (non-hydrogen) atoms. The summed E-state index contributed by atoms with van der Waals surface area (Å²) in [5, 5.41) is 0. The number of ether oxygens (including phenoxy) is 1. The maximum Gasteiger partial charge on any atom is 0.212 e. The van der Waals surface area contributed by atoms with Gasteiger partial charge in [0.25, 0.3) is 0 Å². The fourth-order valence-corrected chi connectivity index (χ4v) is 17.1. The maximum atomic E-state index is 7.06. The van der Waals surface area contributed by atoms with Crippen LogP contribution in [0.1, 0.15) is 142 Å². The number of rotatable bonds is 9. The minimum absolute atomic E-state index is 0.0475. The number of benzene rings is 2. The zero-order chi connectivity index (χ0) is 48.2. The van der Waals surface area contributed by atoms with Crippen molar-refractivity contribution >= 4 is 25.0 Å². The summed E-state index contributed by atoms with van der Waals surface area (Å²) in [7, 11) is 0.861. The van der Waals surface area contributed by atoms with Crippen molar-refractivity contribution in [1.82, 2.24) is 0 Å². The van der Waals surface area contributed by atoms with Gasteiger partial charge in [0.2, 0.25) is 5.88 Å². The van der Waals surface area contributed by atoms with Gasteiger partial charge in [-0.3, -0.25) is 0 Å². The lowest BCUT2D eigenvalue weighted by molar-refractivity contribution is 0.0305. The van der Waals surface area contributed by atoms with Gasteiger partial charge in [-0.15, -0.1) is 0 Å². The smallest absolute Gasteiger partial charge is 0.212 e. The van der Waals surface area contributed by atoms with Crippen molar-refractivity contribution in [1.29, 1.82) is 0 Å². The van der Waals surface area contributed by atoms with Crippen molar-refractivity contribution in [2.24, 2.45) is 45.4 Å². The highest BCUT2D eigenvalue weighted by molar-refractivity contribution is 6.78. The molecule has 0 radical (unpaired) electrons. The standard InChI is InChI=1S/C65H84N2OSi/c1-11-64-41-50(69(8,9)10)37-34-43(3)51-28-19-21-32-59(51)65(64,12-2)42-60(64)62-44(4)38-56(55-39-49-36-35-45(5)66-63(49)68-46(55)6)58(54-29-20-22-33-61(54)67(62)7)40-57-52(47-24-15-13-16-25-47)30-23-31-53(57)48-26-17-14-18-27-48/h13,15-17,19-20,22-26,28-30,33-34,37-38,42-43,46,48,50,53,55-56,58,62H,11-12,14,18,21,27,31-32,35-36,39-41H2,1-10H3/b37-34-,44-38?/t43?,46-,48?,50?,53?,55-,56?,58+,62?,64?,65?/m0/s1. The van der Waals surface area contributed by atoms with Gasteiger partial charge in [-0.05, 0) is 179 Å². The van der Waals surface area contributed by atoms with E-state index < -0.39 is 8.07 Å². The molecule has 0 bridgehead atoms. The number of fused-ring (bicyclic) bond motifs is 3. The fourth-order valence-electron chi connectivity index (χ4n) is 15.5. The first-order valence-electron chi connectivity index (χ1n) is 27.6. The number of allylic oxidation sites excluding steroid dienone is 15. The van der Waals surface area contributed by atoms with Gasteiger partial charge in [-0.2, -0.15) is 0 Å². The third-order valence-corrected chi connectivity index (χ3v) is 22.0. The van der Waals surface area contributed by atoms with Crippen LogP contribution >= 0.6 is 0 Å². The highest BCUT2D eigenvalue weighted by Crippen LogP contribution is 2.71. The van der Waals surface area contributed by atoms with Gasteiger partial charge >= 0.3 is 0 Å². The molecule has 364 valence electrons. The number of hydrogen-bond acceptors (Lipinski definition) is 3. The van der Waals surface area contributed by atoms with Gasteiger partial charge in [0, 0.05) is 35.2 Å². The molecule has 8 aliphatic rings. The molecule has 0 spiro atoms. The van der Waals surface area contributed by atoms with Gasteiger partial charge in [0.15, 0.2) is 0 Å². The van der Waals surface area contributed by atoms with Crippen LogP contribution in [-0.4, -0.2) is 33.0 Å². The Balaban J connectivity index is 1.18. The van der Waals surface area contributed by atoms with E-state index in [-0.39, 0.29) is 34.8 Å².